The summed E-state index contributed by atoms with van der Waals surface area (Å²) in [5.41, 5.74) is 0.0514. The molecule has 1 aromatic carbocycles. The lowest BCUT2D eigenvalue weighted by Crippen LogP contribution is -2.49. The Morgan fingerprint density at radius 2 is 1.87 bits per heavy atom. The van der Waals surface area contributed by atoms with Crippen LogP contribution < -0.4 is 26.2 Å². The highest BCUT2D eigenvalue weighted by Crippen LogP contribution is 2.38. The molecule has 4 amide bonds. The van der Waals surface area contributed by atoms with Crippen LogP contribution in [0.4, 0.5) is 38.4 Å². The quantitative estimate of drug-likeness (QED) is 0.0527. The van der Waals surface area contributed by atoms with E-state index in [-0.39, 0.29) is 48.0 Å². The molecule has 3 aromatic heterocycles. The van der Waals surface area contributed by atoms with Crippen LogP contribution in [0.5, 0.6) is 0 Å². The van der Waals surface area contributed by atoms with Gasteiger partial charge in [-0.25, -0.2) is 23.5 Å². The van der Waals surface area contributed by atoms with Crippen molar-refractivity contribution in [3.05, 3.63) is 65.9 Å². The number of piperidine rings is 1. The second-order valence-corrected chi connectivity index (χ2v) is 18.4. The number of hydrogen-bond donors (Lipinski definition) is 5. The minimum atomic E-state index is -4.59. The molecule has 67 heavy (non-hydrogen) atoms. The average molecular weight is 937 g/mol. The molecule has 2 saturated heterocycles. The predicted molar refractivity (Wildman–Crippen MR) is 241 cm³/mol. The highest BCUT2D eigenvalue weighted by Gasteiger charge is 2.41. The first-order valence-corrected chi connectivity index (χ1v) is 22.9. The van der Waals surface area contributed by atoms with Gasteiger partial charge in [0.05, 0.1) is 11.2 Å². The number of carbonyl (C=O) groups excluding carboxylic acids is 3. The van der Waals surface area contributed by atoms with Crippen molar-refractivity contribution in [2.75, 3.05) is 50.0 Å². The Morgan fingerprint density at radius 1 is 1.09 bits per heavy atom. The molecular formula is C46H57F5N12O4. The van der Waals surface area contributed by atoms with E-state index in [2.05, 4.69) is 60.1 Å². The van der Waals surface area contributed by atoms with Crippen molar-refractivity contribution in [3.8, 4) is 11.5 Å². The number of aromatic nitrogens is 4. The summed E-state index contributed by atoms with van der Waals surface area (Å²) in [6.07, 6.45) is 2.80. The van der Waals surface area contributed by atoms with E-state index >= 15 is 0 Å². The number of amides is 4. The molecule has 0 radical (unpaired) electrons. The fourth-order valence-electron chi connectivity index (χ4n) is 9.35. The van der Waals surface area contributed by atoms with Gasteiger partial charge in [0.2, 0.25) is 11.8 Å². The fraction of sp³-hybridized carbons (Fsp3) is 0.543. The average Bonchev–Trinajstić information content (AvgIpc) is 3.85. The lowest BCUT2D eigenvalue weighted by atomic mass is 9.77. The van der Waals surface area contributed by atoms with Crippen molar-refractivity contribution >= 4 is 46.1 Å². The molecule has 4 atom stereocenters. The van der Waals surface area contributed by atoms with Crippen LogP contribution >= 0.6 is 0 Å². The molecule has 16 nitrogen and oxygen atoms in total. The van der Waals surface area contributed by atoms with E-state index in [0.29, 0.717) is 52.3 Å². The van der Waals surface area contributed by atoms with E-state index in [9.17, 15) is 36.3 Å². The third-order valence-electron chi connectivity index (χ3n) is 13.6. The van der Waals surface area contributed by atoms with Crippen molar-refractivity contribution < 1.29 is 40.8 Å². The minimum Gasteiger partial charge on any atom is -0.444 e. The normalized spacial score (nSPS) is 21.8. The van der Waals surface area contributed by atoms with Crippen LogP contribution in [0, 0.1) is 23.2 Å². The molecule has 4 unspecified atom stereocenters. The third-order valence-corrected chi connectivity index (χ3v) is 13.6. The molecule has 2 aliphatic heterocycles. The zero-order chi connectivity index (χ0) is 47.6. The molecule has 0 spiro atoms. The number of fused-ring (bicyclic) bond motifs is 1. The SMILES string of the molecule is CC1CC(N/C=C(/NC(=O)c2coc(-c3ccnc(NCC4CC4)c3)n2)C(=N)C(F)F)CCC1CN(C)C1CCN(Cc2cccc3c(N4CCC(=O)NC4=O)nn(C(C)C(F)(F)F)c23)CC1. The first-order chi connectivity index (χ1) is 32.0. The summed E-state index contributed by atoms with van der Waals surface area (Å²) in [7, 11) is 2.12. The van der Waals surface area contributed by atoms with Gasteiger partial charge in [0, 0.05) is 68.0 Å². The number of para-hydroxylation sites is 1. The molecule has 4 fully saturated rings. The van der Waals surface area contributed by atoms with Crippen molar-refractivity contribution in [1.82, 2.24) is 45.5 Å². The molecular weight excluding hydrogens is 880 g/mol. The van der Waals surface area contributed by atoms with E-state index in [4.69, 9.17) is 9.83 Å². The smallest absolute Gasteiger partial charge is 0.410 e. The Labute approximate surface area is 384 Å². The molecule has 0 bridgehead atoms. The molecule has 5 heterocycles. The van der Waals surface area contributed by atoms with Crippen LogP contribution in [0.1, 0.15) is 87.3 Å². The number of allylic oxidation sites excluding steroid dienone is 1. The molecule has 2 aliphatic carbocycles. The van der Waals surface area contributed by atoms with Crippen LogP contribution in [0.15, 0.2) is 59.1 Å². The van der Waals surface area contributed by atoms with Crippen LogP contribution in [0.25, 0.3) is 22.4 Å². The summed E-state index contributed by atoms with van der Waals surface area (Å²) in [5.74, 6) is 0.951. The number of oxazole rings is 1. The van der Waals surface area contributed by atoms with E-state index < -0.39 is 42.2 Å². The number of nitrogens with one attached hydrogen (secondary N) is 5. The Hall–Kier alpha value is -5.96. The van der Waals surface area contributed by atoms with E-state index in [0.717, 1.165) is 76.2 Å². The summed E-state index contributed by atoms with van der Waals surface area (Å²) < 4.78 is 76.7. The second-order valence-electron chi connectivity index (χ2n) is 18.4. The lowest BCUT2D eigenvalue weighted by Gasteiger charge is -2.41. The number of halogens is 5. The number of imide groups is 1. The number of urea groups is 1. The molecule has 21 heteroatoms. The number of likely N-dealkylation sites (tertiary alicyclic amines) is 1. The zero-order valence-corrected chi connectivity index (χ0v) is 37.7. The number of rotatable bonds is 17. The van der Waals surface area contributed by atoms with Gasteiger partial charge in [0.15, 0.2) is 11.5 Å². The fourth-order valence-corrected chi connectivity index (χ4v) is 9.35. The van der Waals surface area contributed by atoms with Gasteiger partial charge in [0.25, 0.3) is 12.3 Å². The second kappa shape index (κ2) is 20.1. The lowest BCUT2D eigenvalue weighted by molar-refractivity contribution is -0.164. The minimum absolute atomic E-state index is 0.00982. The topological polar surface area (TPSA) is 190 Å². The Balaban J connectivity index is 0.838. The highest BCUT2D eigenvalue weighted by molar-refractivity contribution is 6.09. The molecule has 5 N–H and O–H groups in total. The molecule has 4 aromatic rings. The highest BCUT2D eigenvalue weighted by atomic mass is 19.4. The van der Waals surface area contributed by atoms with Gasteiger partial charge in [-0.2, -0.15) is 18.3 Å². The number of pyridine rings is 1. The summed E-state index contributed by atoms with van der Waals surface area (Å²) >= 11 is 0. The van der Waals surface area contributed by atoms with Crippen molar-refractivity contribution in [2.24, 2.45) is 17.8 Å². The summed E-state index contributed by atoms with van der Waals surface area (Å²) in [4.78, 5) is 52.2. The van der Waals surface area contributed by atoms with E-state index in [1.54, 1.807) is 36.5 Å². The first-order valence-electron chi connectivity index (χ1n) is 22.9. The Kier molecular flexibility index (Phi) is 14.3. The molecule has 360 valence electrons. The predicted octanol–water partition coefficient (Wildman–Crippen LogP) is 7.32. The summed E-state index contributed by atoms with van der Waals surface area (Å²) in [6.45, 7) is 6.74. The standard InChI is InChI=1S/C46H57F5N12O4/c1-26-19-32(54-22-35(39(52)41(47)48)56-43(65)36-25-67-44(57-36)29-11-15-53-37(20-29)55-21-28-7-8-28)10-9-30(26)23-60(3)33-12-16-61(17-13-33)24-31-5-4-6-34-40(31)63(27(2)46(49,50)51)59-42(34)62-18-14-38(64)58-45(62)66/h4-6,11,15,20,22,25-28,30,32-33,41,52,54H,7-10,12-14,16-19,21,23-24H2,1-3H3,(H,53,55)(H,56,65)(H,58,64,66)/b35-22+,52-39?. The van der Waals surface area contributed by atoms with Gasteiger partial charge in [-0.05, 0) is 114 Å². The van der Waals surface area contributed by atoms with Crippen LogP contribution in [-0.4, -0.2) is 118 Å². The number of alkyl halides is 5. The van der Waals surface area contributed by atoms with Gasteiger partial charge in [0.1, 0.15) is 23.8 Å². The van der Waals surface area contributed by atoms with Gasteiger partial charge in [-0.15, -0.1) is 0 Å². The molecule has 8 rings (SSSR count). The third kappa shape index (κ3) is 11.3. The Morgan fingerprint density at radius 3 is 2.57 bits per heavy atom. The summed E-state index contributed by atoms with van der Waals surface area (Å²) in [6, 6.07) is 6.22. The van der Waals surface area contributed by atoms with E-state index in [1.165, 1.54) is 23.9 Å². The summed E-state index contributed by atoms with van der Waals surface area (Å²) in [5, 5.41) is 23.9. The first kappa shape index (κ1) is 47.5. The van der Waals surface area contributed by atoms with Gasteiger partial charge in [-0.1, -0.05) is 19.1 Å². The van der Waals surface area contributed by atoms with Crippen LogP contribution in [0.2, 0.25) is 0 Å². The van der Waals surface area contributed by atoms with E-state index in [1.807, 2.05) is 0 Å². The maximum atomic E-state index is 14.2. The number of anilines is 2. The monoisotopic (exact) mass is 936 g/mol. The number of nitrogens with zero attached hydrogens (tertiary/aromatic N) is 7. The van der Waals surface area contributed by atoms with Gasteiger partial charge < -0.3 is 25.3 Å². The Bertz CT molecular complexity index is 2480. The maximum absolute atomic E-state index is 14.2. The van der Waals surface area contributed by atoms with Crippen LogP contribution in [-0.2, 0) is 11.3 Å². The van der Waals surface area contributed by atoms with Crippen molar-refractivity contribution in [1.29, 1.82) is 5.41 Å². The van der Waals surface area contributed by atoms with Crippen molar-refractivity contribution in [2.45, 2.75) is 102 Å². The molecule has 2 saturated carbocycles. The number of benzene rings is 1. The van der Waals surface area contributed by atoms with Crippen molar-refractivity contribution in [3.63, 3.8) is 0 Å². The van der Waals surface area contributed by atoms with Gasteiger partial charge in [-0.3, -0.25) is 34.8 Å². The number of hydrogen-bond acceptors (Lipinski definition) is 12. The van der Waals surface area contributed by atoms with Gasteiger partial charge >= 0.3 is 12.2 Å². The van der Waals surface area contributed by atoms with Crippen LogP contribution in [0.3, 0.4) is 0 Å². The maximum Gasteiger partial charge on any atom is 0.410 e. The number of carbonyl (C=O) groups is 3. The molecule has 4 aliphatic rings. The zero-order valence-electron chi connectivity index (χ0n) is 37.7. The largest absolute Gasteiger partial charge is 0.444 e.